The zero-order chi connectivity index (χ0) is 9.90. The molecule has 0 N–H and O–H groups in total. The van der Waals surface area contributed by atoms with Gasteiger partial charge in [0.25, 0.3) is 0 Å². The third kappa shape index (κ3) is 4.61. The molecule has 1 atom stereocenters. The topological polar surface area (TPSA) is 3.24 Å². The second-order valence-corrected chi connectivity index (χ2v) is 5.35. The lowest BCUT2D eigenvalue weighted by Crippen LogP contribution is -2.38. The van der Waals surface area contributed by atoms with E-state index in [1.807, 2.05) is 0 Å². The highest BCUT2D eigenvalue weighted by Gasteiger charge is 2.20. The molecule has 1 fully saturated rings. The van der Waals surface area contributed by atoms with Crippen LogP contribution in [-0.4, -0.2) is 30.7 Å². The summed E-state index contributed by atoms with van der Waals surface area (Å²) in [6.45, 7) is 9.54. The molecule has 2 heteroatoms. The van der Waals surface area contributed by atoms with Gasteiger partial charge in [-0.3, -0.25) is 0 Å². The summed E-state index contributed by atoms with van der Waals surface area (Å²) in [4.78, 5) is 2.26. The van der Waals surface area contributed by atoms with Crippen LogP contribution >= 0.6 is 0 Å². The van der Waals surface area contributed by atoms with Crippen LogP contribution in [0.2, 0.25) is 0 Å². The van der Waals surface area contributed by atoms with Gasteiger partial charge >= 0.3 is 0 Å². The fourth-order valence-electron chi connectivity index (χ4n) is 1.70. The Bertz CT molecular complexity index is 151. The number of likely N-dealkylation sites (tertiary alicyclic amines) is 1. The molecule has 1 aliphatic heterocycles. The fraction of sp³-hybridized carbons (Fsp3) is 1.00. The second-order valence-electron chi connectivity index (χ2n) is 5.35. The van der Waals surface area contributed by atoms with Crippen molar-refractivity contribution in [1.82, 2.24) is 4.90 Å². The highest BCUT2D eigenvalue weighted by molar-refractivity contribution is 4.74. The Morgan fingerprint density at radius 1 is 1.38 bits per heavy atom. The minimum absolute atomic E-state index is 0.378. The van der Waals surface area contributed by atoms with Crippen molar-refractivity contribution < 1.29 is 4.39 Å². The molecule has 0 spiro atoms. The Morgan fingerprint density at radius 3 is 2.62 bits per heavy atom. The number of piperidine rings is 1. The van der Waals surface area contributed by atoms with Crippen LogP contribution in [0.25, 0.3) is 0 Å². The van der Waals surface area contributed by atoms with Crippen LogP contribution in [0.1, 0.15) is 40.0 Å². The highest BCUT2D eigenvalue weighted by Crippen LogP contribution is 2.20. The zero-order valence-electron chi connectivity index (χ0n) is 9.15. The summed E-state index contributed by atoms with van der Waals surface area (Å²) in [6.07, 6.45) is 2.39. The van der Waals surface area contributed by atoms with Gasteiger partial charge in [0.05, 0.1) is 0 Å². The van der Waals surface area contributed by atoms with Crippen LogP contribution in [-0.2, 0) is 0 Å². The number of rotatable bonds is 2. The molecule has 0 aliphatic carbocycles. The Morgan fingerprint density at radius 2 is 2.08 bits per heavy atom. The van der Waals surface area contributed by atoms with Gasteiger partial charge in [0.1, 0.15) is 6.17 Å². The lowest BCUT2D eigenvalue weighted by Gasteiger charge is -2.31. The number of hydrogen-bond acceptors (Lipinski definition) is 1. The molecule has 0 aromatic rings. The molecule has 0 unspecified atom stereocenters. The molecule has 0 radical (unpaired) electrons. The monoisotopic (exact) mass is 187 g/mol. The van der Waals surface area contributed by atoms with Gasteiger partial charge in [-0.25, -0.2) is 4.39 Å². The number of halogens is 1. The SMILES string of the molecule is CC(C)(C)CCN1CCC[C@H](F)C1. The average Bonchev–Trinajstić information content (AvgIpc) is 2.00. The molecular formula is C11H22FN. The van der Waals surface area contributed by atoms with Crippen LogP contribution in [0.4, 0.5) is 4.39 Å². The maximum atomic E-state index is 13.0. The van der Waals surface area contributed by atoms with Gasteiger partial charge in [0, 0.05) is 6.54 Å². The molecule has 1 saturated heterocycles. The lowest BCUT2D eigenvalue weighted by molar-refractivity contribution is 0.126. The van der Waals surface area contributed by atoms with Crippen LogP contribution < -0.4 is 0 Å². The minimum atomic E-state index is -0.575. The molecule has 0 aromatic carbocycles. The molecule has 0 bridgehead atoms. The van der Waals surface area contributed by atoms with Crippen molar-refractivity contribution in [2.75, 3.05) is 19.6 Å². The molecule has 78 valence electrons. The first-order chi connectivity index (χ1) is 5.97. The standard InChI is InChI=1S/C11H22FN/c1-11(2,3)6-8-13-7-4-5-10(12)9-13/h10H,4-9H2,1-3H3/t10-/m0/s1. The second kappa shape index (κ2) is 4.41. The Balaban J connectivity index is 2.21. The first-order valence-corrected chi connectivity index (χ1v) is 5.34. The van der Waals surface area contributed by atoms with E-state index in [1.165, 1.54) is 6.42 Å². The van der Waals surface area contributed by atoms with E-state index in [9.17, 15) is 4.39 Å². The van der Waals surface area contributed by atoms with Gasteiger partial charge in [-0.1, -0.05) is 20.8 Å². The van der Waals surface area contributed by atoms with Crippen molar-refractivity contribution in [3.8, 4) is 0 Å². The maximum Gasteiger partial charge on any atom is 0.113 e. The van der Waals surface area contributed by atoms with Gasteiger partial charge in [-0.15, -0.1) is 0 Å². The molecule has 0 amide bonds. The van der Waals surface area contributed by atoms with Gasteiger partial charge in [-0.2, -0.15) is 0 Å². The molecular weight excluding hydrogens is 165 g/mol. The number of hydrogen-bond donors (Lipinski definition) is 0. The largest absolute Gasteiger partial charge is 0.300 e. The van der Waals surface area contributed by atoms with E-state index in [4.69, 9.17) is 0 Å². The van der Waals surface area contributed by atoms with E-state index in [0.29, 0.717) is 12.0 Å². The maximum absolute atomic E-state index is 13.0. The van der Waals surface area contributed by atoms with Crippen molar-refractivity contribution >= 4 is 0 Å². The van der Waals surface area contributed by atoms with Gasteiger partial charge in [0.2, 0.25) is 0 Å². The van der Waals surface area contributed by atoms with E-state index in [1.54, 1.807) is 0 Å². The van der Waals surface area contributed by atoms with Gasteiger partial charge in [-0.05, 0) is 37.8 Å². The summed E-state index contributed by atoms with van der Waals surface area (Å²) in [6, 6.07) is 0. The lowest BCUT2D eigenvalue weighted by atomic mass is 9.92. The van der Waals surface area contributed by atoms with E-state index < -0.39 is 6.17 Å². The van der Waals surface area contributed by atoms with E-state index in [0.717, 1.165) is 25.9 Å². The average molecular weight is 187 g/mol. The summed E-state index contributed by atoms with van der Waals surface area (Å²) in [5.74, 6) is 0. The first kappa shape index (κ1) is 11.0. The summed E-state index contributed by atoms with van der Waals surface area (Å²) in [5, 5.41) is 0. The van der Waals surface area contributed by atoms with E-state index in [-0.39, 0.29) is 0 Å². The predicted molar refractivity (Wildman–Crippen MR) is 54.6 cm³/mol. The van der Waals surface area contributed by atoms with Crippen molar-refractivity contribution in [2.24, 2.45) is 5.41 Å². The Kier molecular flexibility index (Phi) is 3.72. The molecule has 0 aromatic heterocycles. The van der Waals surface area contributed by atoms with Crippen molar-refractivity contribution in [3.63, 3.8) is 0 Å². The Hall–Kier alpha value is -0.110. The minimum Gasteiger partial charge on any atom is -0.300 e. The molecule has 0 saturated carbocycles. The quantitative estimate of drug-likeness (QED) is 0.642. The van der Waals surface area contributed by atoms with Crippen molar-refractivity contribution in [3.05, 3.63) is 0 Å². The predicted octanol–water partition coefficient (Wildman–Crippen LogP) is 2.86. The van der Waals surface area contributed by atoms with E-state index in [2.05, 4.69) is 25.7 Å². The highest BCUT2D eigenvalue weighted by atomic mass is 19.1. The number of alkyl halides is 1. The third-order valence-electron chi connectivity index (χ3n) is 2.63. The van der Waals surface area contributed by atoms with Crippen LogP contribution in [0.15, 0.2) is 0 Å². The zero-order valence-corrected chi connectivity index (χ0v) is 9.15. The van der Waals surface area contributed by atoms with Crippen molar-refractivity contribution in [1.29, 1.82) is 0 Å². The number of nitrogens with zero attached hydrogens (tertiary/aromatic N) is 1. The molecule has 13 heavy (non-hydrogen) atoms. The Labute approximate surface area is 81.3 Å². The normalized spacial score (nSPS) is 26.3. The fourth-order valence-corrected chi connectivity index (χ4v) is 1.70. The summed E-state index contributed by atoms with van der Waals surface area (Å²) in [5.41, 5.74) is 0.378. The van der Waals surface area contributed by atoms with Crippen LogP contribution in [0.3, 0.4) is 0 Å². The molecule has 1 nitrogen and oxygen atoms in total. The van der Waals surface area contributed by atoms with E-state index >= 15 is 0 Å². The summed E-state index contributed by atoms with van der Waals surface area (Å²) in [7, 11) is 0. The molecule has 1 rings (SSSR count). The smallest absolute Gasteiger partial charge is 0.113 e. The summed E-state index contributed by atoms with van der Waals surface area (Å²) < 4.78 is 13.0. The summed E-state index contributed by atoms with van der Waals surface area (Å²) >= 11 is 0. The third-order valence-corrected chi connectivity index (χ3v) is 2.63. The molecule has 1 heterocycles. The van der Waals surface area contributed by atoms with Crippen LogP contribution in [0, 0.1) is 5.41 Å². The van der Waals surface area contributed by atoms with Gasteiger partial charge < -0.3 is 4.90 Å². The molecule has 1 aliphatic rings. The first-order valence-electron chi connectivity index (χ1n) is 5.34. The van der Waals surface area contributed by atoms with Gasteiger partial charge in [0.15, 0.2) is 0 Å². The van der Waals surface area contributed by atoms with Crippen molar-refractivity contribution in [2.45, 2.75) is 46.2 Å². The van der Waals surface area contributed by atoms with Crippen LogP contribution in [0.5, 0.6) is 0 Å².